The van der Waals surface area contributed by atoms with Crippen molar-refractivity contribution < 1.29 is 14.6 Å². The van der Waals surface area contributed by atoms with Crippen LogP contribution in [0.4, 0.5) is 4.79 Å². The highest BCUT2D eigenvalue weighted by Crippen LogP contribution is 2.37. The van der Waals surface area contributed by atoms with Gasteiger partial charge in [0, 0.05) is 31.2 Å². The maximum absolute atomic E-state index is 11.8. The third-order valence-electron chi connectivity index (χ3n) is 5.31. The van der Waals surface area contributed by atoms with Gasteiger partial charge in [0.1, 0.15) is 5.60 Å². The van der Waals surface area contributed by atoms with Crippen molar-refractivity contribution in [1.29, 1.82) is 0 Å². The van der Waals surface area contributed by atoms with E-state index in [9.17, 15) is 9.90 Å². The molecule has 0 spiro atoms. The van der Waals surface area contributed by atoms with Crippen LogP contribution in [0.5, 0.6) is 0 Å². The van der Waals surface area contributed by atoms with Crippen LogP contribution in [0.3, 0.4) is 0 Å². The van der Waals surface area contributed by atoms with Crippen LogP contribution < -0.4 is 10.6 Å². The average Bonchev–Trinajstić information content (AvgIpc) is 3.11. The first kappa shape index (κ1) is 18.5. The summed E-state index contributed by atoms with van der Waals surface area (Å²) in [6.07, 6.45) is 7.89. The number of nitrogens with one attached hydrogen (secondary N) is 2. The summed E-state index contributed by atoms with van der Waals surface area (Å²) < 4.78 is 5.30. The molecule has 0 radical (unpaired) electrons. The maximum Gasteiger partial charge on any atom is 0.407 e. The second kappa shape index (κ2) is 7.84. The molecule has 2 fully saturated rings. The molecular weight excluding hydrogens is 292 g/mol. The van der Waals surface area contributed by atoms with Crippen molar-refractivity contribution in [3.63, 3.8) is 0 Å². The highest BCUT2D eigenvalue weighted by Gasteiger charge is 2.35. The quantitative estimate of drug-likeness (QED) is 0.702. The van der Waals surface area contributed by atoms with Crippen molar-refractivity contribution in [3.05, 3.63) is 0 Å². The lowest BCUT2D eigenvalue weighted by Crippen LogP contribution is -2.45. The Morgan fingerprint density at radius 2 is 1.91 bits per heavy atom. The Morgan fingerprint density at radius 3 is 2.52 bits per heavy atom. The molecule has 0 saturated heterocycles. The zero-order valence-corrected chi connectivity index (χ0v) is 15.0. The van der Waals surface area contributed by atoms with E-state index in [4.69, 9.17) is 4.74 Å². The van der Waals surface area contributed by atoms with Gasteiger partial charge in [0.2, 0.25) is 0 Å². The fourth-order valence-electron chi connectivity index (χ4n) is 3.94. The molecule has 134 valence electrons. The van der Waals surface area contributed by atoms with Crippen LogP contribution in [-0.4, -0.2) is 42.5 Å². The number of alkyl carbamates (subject to hydrolysis) is 1. The van der Waals surface area contributed by atoms with E-state index >= 15 is 0 Å². The maximum atomic E-state index is 11.8. The van der Waals surface area contributed by atoms with Crippen molar-refractivity contribution in [1.82, 2.24) is 10.6 Å². The van der Waals surface area contributed by atoms with Gasteiger partial charge in [-0.05, 0) is 52.4 Å². The van der Waals surface area contributed by atoms with Crippen LogP contribution in [0, 0.1) is 11.3 Å². The molecule has 2 atom stereocenters. The largest absolute Gasteiger partial charge is 0.444 e. The van der Waals surface area contributed by atoms with Crippen LogP contribution in [-0.2, 0) is 4.74 Å². The van der Waals surface area contributed by atoms with E-state index in [0.717, 1.165) is 32.2 Å². The van der Waals surface area contributed by atoms with Gasteiger partial charge in [0.15, 0.2) is 0 Å². The molecule has 0 aliphatic heterocycles. The van der Waals surface area contributed by atoms with Gasteiger partial charge in [-0.3, -0.25) is 0 Å². The Kier molecular flexibility index (Phi) is 6.32. The lowest BCUT2D eigenvalue weighted by molar-refractivity contribution is 0.0516. The molecule has 0 heterocycles. The molecule has 2 saturated carbocycles. The van der Waals surface area contributed by atoms with E-state index in [1.165, 1.54) is 19.3 Å². The van der Waals surface area contributed by atoms with E-state index in [-0.39, 0.29) is 18.1 Å². The summed E-state index contributed by atoms with van der Waals surface area (Å²) in [4.78, 5) is 11.8. The number of aliphatic hydroxyl groups excluding tert-OH is 1. The number of ether oxygens (including phenoxy) is 1. The molecule has 0 bridgehead atoms. The van der Waals surface area contributed by atoms with Crippen LogP contribution >= 0.6 is 0 Å². The number of rotatable bonds is 6. The van der Waals surface area contributed by atoms with Crippen molar-refractivity contribution in [3.8, 4) is 0 Å². The first-order valence-corrected chi connectivity index (χ1v) is 9.15. The van der Waals surface area contributed by atoms with Gasteiger partial charge in [-0.15, -0.1) is 0 Å². The lowest BCUT2D eigenvalue weighted by Gasteiger charge is -2.30. The van der Waals surface area contributed by atoms with Gasteiger partial charge in [-0.1, -0.05) is 19.3 Å². The second-order valence-corrected chi connectivity index (χ2v) is 8.43. The highest BCUT2D eigenvalue weighted by atomic mass is 16.6. The van der Waals surface area contributed by atoms with E-state index < -0.39 is 5.60 Å². The number of amides is 1. The Hall–Kier alpha value is -0.810. The molecule has 0 aromatic rings. The minimum absolute atomic E-state index is 0.0890. The number of hydrogen-bond donors (Lipinski definition) is 3. The Labute approximate surface area is 140 Å². The Morgan fingerprint density at radius 1 is 1.22 bits per heavy atom. The fourth-order valence-corrected chi connectivity index (χ4v) is 3.94. The zero-order chi connectivity index (χ0) is 16.9. The molecule has 2 rings (SSSR count). The molecule has 1 amide bonds. The molecule has 2 aliphatic carbocycles. The van der Waals surface area contributed by atoms with Crippen molar-refractivity contribution >= 4 is 6.09 Å². The third-order valence-corrected chi connectivity index (χ3v) is 5.31. The molecule has 0 aromatic heterocycles. The van der Waals surface area contributed by atoms with Crippen LogP contribution in [0.15, 0.2) is 0 Å². The smallest absolute Gasteiger partial charge is 0.407 e. The summed E-state index contributed by atoms with van der Waals surface area (Å²) >= 11 is 0. The van der Waals surface area contributed by atoms with Crippen molar-refractivity contribution in [2.45, 2.75) is 77.4 Å². The van der Waals surface area contributed by atoms with E-state index in [0.29, 0.717) is 18.5 Å². The van der Waals surface area contributed by atoms with E-state index in [2.05, 4.69) is 10.6 Å². The molecule has 3 N–H and O–H groups in total. The minimum Gasteiger partial charge on any atom is -0.444 e. The first-order valence-electron chi connectivity index (χ1n) is 9.15. The standard InChI is InChI=1S/C18H34N2O3/c1-17(2,3)23-16(22)19-11-14-7-6-8-15(14)20-12-18(13-21)9-4-5-10-18/h14-15,20-21H,4-13H2,1-3H3,(H,19,22). The Balaban J connectivity index is 1.75. The predicted molar refractivity (Wildman–Crippen MR) is 91.4 cm³/mol. The predicted octanol–water partition coefficient (Wildman–Crippen LogP) is 2.82. The van der Waals surface area contributed by atoms with Crippen molar-refractivity contribution in [2.24, 2.45) is 11.3 Å². The third kappa shape index (κ3) is 5.64. The molecule has 0 aromatic carbocycles. The SMILES string of the molecule is CC(C)(C)OC(=O)NCC1CCCC1NCC1(CO)CCCC1. The normalized spacial score (nSPS) is 27.1. The van der Waals surface area contributed by atoms with Gasteiger partial charge in [0.25, 0.3) is 0 Å². The lowest BCUT2D eigenvalue weighted by atomic mass is 9.86. The summed E-state index contributed by atoms with van der Waals surface area (Å²) in [7, 11) is 0. The van der Waals surface area contributed by atoms with Gasteiger partial charge >= 0.3 is 6.09 Å². The molecule has 2 aliphatic rings. The summed E-state index contributed by atoms with van der Waals surface area (Å²) in [5.41, 5.74) is -0.362. The van der Waals surface area contributed by atoms with Crippen LogP contribution in [0.25, 0.3) is 0 Å². The molecule has 5 nitrogen and oxygen atoms in total. The average molecular weight is 326 g/mol. The second-order valence-electron chi connectivity index (χ2n) is 8.43. The molecule has 23 heavy (non-hydrogen) atoms. The number of hydrogen-bond acceptors (Lipinski definition) is 4. The topological polar surface area (TPSA) is 70.6 Å². The monoisotopic (exact) mass is 326 g/mol. The zero-order valence-electron chi connectivity index (χ0n) is 15.0. The number of carbonyl (C=O) groups excluding carboxylic acids is 1. The number of aliphatic hydroxyl groups is 1. The fraction of sp³-hybridized carbons (Fsp3) is 0.944. The number of carbonyl (C=O) groups is 1. The first-order chi connectivity index (χ1) is 10.8. The van der Waals surface area contributed by atoms with Gasteiger partial charge in [-0.25, -0.2) is 4.79 Å². The van der Waals surface area contributed by atoms with Gasteiger partial charge < -0.3 is 20.5 Å². The summed E-state index contributed by atoms with van der Waals surface area (Å²) in [6.45, 7) is 7.48. The van der Waals surface area contributed by atoms with Crippen LogP contribution in [0.1, 0.15) is 65.7 Å². The summed E-state index contributed by atoms with van der Waals surface area (Å²) in [5, 5.41) is 16.3. The Bertz CT molecular complexity index is 386. The molecule has 2 unspecified atom stereocenters. The minimum atomic E-state index is -0.451. The summed E-state index contributed by atoms with van der Waals surface area (Å²) in [5.74, 6) is 0.458. The highest BCUT2D eigenvalue weighted by molar-refractivity contribution is 5.67. The van der Waals surface area contributed by atoms with Gasteiger partial charge in [-0.2, -0.15) is 0 Å². The van der Waals surface area contributed by atoms with Crippen LogP contribution in [0.2, 0.25) is 0 Å². The van der Waals surface area contributed by atoms with Gasteiger partial charge in [0.05, 0.1) is 0 Å². The van der Waals surface area contributed by atoms with Crippen molar-refractivity contribution in [2.75, 3.05) is 19.7 Å². The van der Waals surface area contributed by atoms with E-state index in [1.807, 2.05) is 20.8 Å². The van der Waals surface area contributed by atoms with E-state index in [1.54, 1.807) is 0 Å². The molecule has 5 heteroatoms. The molecular formula is C18H34N2O3. The summed E-state index contributed by atoms with van der Waals surface area (Å²) in [6, 6.07) is 0.439.